The lowest BCUT2D eigenvalue weighted by Gasteiger charge is -2.28. The van der Waals surface area contributed by atoms with Gasteiger partial charge in [-0.15, -0.1) is 0 Å². The van der Waals surface area contributed by atoms with E-state index in [2.05, 4.69) is 11.1 Å². The molecule has 0 aliphatic carbocycles. The minimum Gasteiger partial charge on any atom is -0.508 e. The molecule has 0 aliphatic heterocycles. The SMILES string of the molecule is N#C[C@@](c1ccccc1)(c1ccc(O)cc1)c1c[nH]c2cc(F)ccc12. The van der Waals surface area contributed by atoms with Crippen LogP contribution in [0, 0.1) is 17.1 Å². The van der Waals surface area contributed by atoms with Crippen molar-refractivity contribution in [2.75, 3.05) is 0 Å². The average molecular weight is 342 g/mol. The highest BCUT2D eigenvalue weighted by molar-refractivity contribution is 5.87. The second-order valence-electron chi connectivity index (χ2n) is 6.17. The topological polar surface area (TPSA) is 59.8 Å². The van der Waals surface area contributed by atoms with Crippen LogP contribution < -0.4 is 0 Å². The summed E-state index contributed by atoms with van der Waals surface area (Å²) in [6.07, 6.45) is 1.76. The van der Waals surface area contributed by atoms with E-state index < -0.39 is 5.41 Å². The second kappa shape index (κ2) is 6.05. The Hall–Kier alpha value is -3.58. The van der Waals surface area contributed by atoms with E-state index in [0.717, 1.165) is 22.1 Å². The van der Waals surface area contributed by atoms with Crippen molar-refractivity contribution in [3.05, 3.63) is 102 Å². The molecule has 0 saturated carbocycles. The molecule has 0 amide bonds. The summed E-state index contributed by atoms with van der Waals surface area (Å²) >= 11 is 0. The van der Waals surface area contributed by atoms with Crippen LogP contribution in [0.5, 0.6) is 5.75 Å². The zero-order valence-corrected chi connectivity index (χ0v) is 13.8. The molecule has 0 aliphatic rings. The molecule has 0 unspecified atom stereocenters. The van der Waals surface area contributed by atoms with Gasteiger partial charge < -0.3 is 10.1 Å². The molecule has 0 fully saturated rings. The summed E-state index contributed by atoms with van der Waals surface area (Å²) in [5.41, 5.74) is 1.82. The Labute approximate surface area is 150 Å². The number of hydrogen-bond acceptors (Lipinski definition) is 2. The van der Waals surface area contributed by atoms with Gasteiger partial charge in [-0.25, -0.2) is 4.39 Å². The summed E-state index contributed by atoms with van der Waals surface area (Å²) in [5, 5.41) is 20.8. The van der Waals surface area contributed by atoms with Crippen molar-refractivity contribution in [2.45, 2.75) is 5.41 Å². The number of aromatic amines is 1. The first-order valence-corrected chi connectivity index (χ1v) is 8.18. The monoisotopic (exact) mass is 342 g/mol. The number of phenols is 1. The number of benzene rings is 3. The highest BCUT2D eigenvalue weighted by atomic mass is 19.1. The number of aromatic hydroxyl groups is 1. The number of aromatic nitrogens is 1. The molecule has 4 heteroatoms. The fraction of sp³-hybridized carbons (Fsp3) is 0.0455. The number of halogens is 1. The van der Waals surface area contributed by atoms with Gasteiger partial charge >= 0.3 is 0 Å². The van der Waals surface area contributed by atoms with Crippen LogP contribution in [0.4, 0.5) is 4.39 Å². The average Bonchev–Trinajstić information content (AvgIpc) is 3.08. The van der Waals surface area contributed by atoms with Gasteiger partial charge in [0.05, 0.1) is 6.07 Å². The predicted molar refractivity (Wildman–Crippen MR) is 98.3 cm³/mol. The second-order valence-corrected chi connectivity index (χ2v) is 6.17. The van der Waals surface area contributed by atoms with Gasteiger partial charge in [0, 0.05) is 22.7 Å². The Morgan fingerprint density at radius 1 is 0.923 bits per heavy atom. The number of nitriles is 1. The van der Waals surface area contributed by atoms with Crippen LogP contribution in [-0.2, 0) is 5.41 Å². The number of fused-ring (bicyclic) bond motifs is 1. The van der Waals surface area contributed by atoms with Crippen molar-refractivity contribution in [1.29, 1.82) is 5.26 Å². The highest BCUT2D eigenvalue weighted by Crippen LogP contribution is 2.42. The minimum atomic E-state index is -1.09. The molecule has 3 aromatic carbocycles. The summed E-state index contributed by atoms with van der Waals surface area (Å²) in [6, 6.07) is 23.1. The lowest BCUT2D eigenvalue weighted by Crippen LogP contribution is -2.27. The third-order valence-electron chi connectivity index (χ3n) is 4.72. The molecule has 1 aromatic heterocycles. The number of nitrogens with one attached hydrogen (secondary N) is 1. The van der Waals surface area contributed by atoms with Gasteiger partial charge in [0.2, 0.25) is 0 Å². The third-order valence-corrected chi connectivity index (χ3v) is 4.72. The van der Waals surface area contributed by atoms with Crippen molar-refractivity contribution >= 4 is 10.9 Å². The van der Waals surface area contributed by atoms with Gasteiger partial charge in [0.1, 0.15) is 17.0 Å². The standard InChI is InChI=1S/C22H15FN2O/c23-17-8-11-19-20(13-25-21(19)12-17)22(14-24,15-4-2-1-3-5-15)16-6-9-18(26)10-7-16/h1-13,25-26H/t22-/m1/s1. The van der Waals surface area contributed by atoms with E-state index in [9.17, 15) is 14.8 Å². The molecule has 2 N–H and O–H groups in total. The number of hydrogen-bond donors (Lipinski definition) is 2. The van der Waals surface area contributed by atoms with E-state index in [-0.39, 0.29) is 11.6 Å². The Balaban J connectivity index is 2.08. The number of phenolic OH excluding ortho intramolecular Hbond substituents is 1. The molecular formula is C22H15FN2O. The van der Waals surface area contributed by atoms with Crippen LogP contribution >= 0.6 is 0 Å². The first kappa shape index (κ1) is 15.9. The molecular weight excluding hydrogens is 327 g/mol. The van der Waals surface area contributed by atoms with Gasteiger partial charge in [-0.05, 0) is 41.5 Å². The molecule has 26 heavy (non-hydrogen) atoms. The smallest absolute Gasteiger partial charge is 0.134 e. The van der Waals surface area contributed by atoms with Gasteiger partial charge in [0.25, 0.3) is 0 Å². The molecule has 1 heterocycles. The molecule has 0 bridgehead atoms. The van der Waals surface area contributed by atoms with E-state index in [4.69, 9.17) is 0 Å². The molecule has 3 nitrogen and oxygen atoms in total. The molecule has 0 radical (unpaired) electrons. The fourth-order valence-corrected chi connectivity index (χ4v) is 3.48. The maximum atomic E-state index is 13.6. The van der Waals surface area contributed by atoms with Crippen LogP contribution in [0.2, 0.25) is 0 Å². The highest BCUT2D eigenvalue weighted by Gasteiger charge is 2.38. The van der Waals surface area contributed by atoms with Gasteiger partial charge in [-0.1, -0.05) is 42.5 Å². The molecule has 0 saturated heterocycles. The van der Waals surface area contributed by atoms with Crippen molar-refractivity contribution in [1.82, 2.24) is 4.98 Å². The number of rotatable bonds is 3. The van der Waals surface area contributed by atoms with E-state index in [1.54, 1.807) is 36.5 Å². The van der Waals surface area contributed by atoms with E-state index >= 15 is 0 Å². The molecule has 4 aromatic rings. The van der Waals surface area contributed by atoms with Crippen molar-refractivity contribution < 1.29 is 9.50 Å². The number of H-pyrrole nitrogens is 1. The van der Waals surface area contributed by atoms with Gasteiger partial charge in [-0.2, -0.15) is 5.26 Å². The third kappa shape index (κ3) is 2.34. The largest absolute Gasteiger partial charge is 0.508 e. The Morgan fingerprint density at radius 2 is 1.62 bits per heavy atom. The van der Waals surface area contributed by atoms with Gasteiger partial charge in [-0.3, -0.25) is 0 Å². The maximum Gasteiger partial charge on any atom is 0.134 e. The van der Waals surface area contributed by atoms with E-state index in [1.165, 1.54) is 12.1 Å². The molecule has 1 atom stereocenters. The lowest BCUT2D eigenvalue weighted by molar-refractivity contribution is 0.475. The first-order valence-electron chi connectivity index (χ1n) is 8.18. The molecule has 0 spiro atoms. The summed E-state index contributed by atoms with van der Waals surface area (Å²) in [5.74, 6) is -0.201. The normalized spacial score (nSPS) is 13.2. The van der Waals surface area contributed by atoms with Crippen molar-refractivity contribution in [2.24, 2.45) is 0 Å². The van der Waals surface area contributed by atoms with Crippen molar-refractivity contribution in [3.8, 4) is 11.8 Å². The number of nitrogens with zero attached hydrogens (tertiary/aromatic N) is 1. The van der Waals surface area contributed by atoms with Crippen LogP contribution in [-0.4, -0.2) is 10.1 Å². The van der Waals surface area contributed by atoms with Crippen molar-refractivity contribution in [3.63, 3.8) is 0 Å². The maximum absolute atomic E-state index is 13.6. The van der Waals surface area contributed by atoms with E-state index in [1.807, 2.05) is 30.3 Å². The van der Waals surface area contributed by atoms with E-state index in [0.29, 0.717) is 5.52 Å². The quantitative estimate of drug-likeness (QED) is 0.558. The summed E-state index contributed by atoms with van der Waals surface area (Å²) in [7, 11) is 0. The van der Waals surface area contributed by atoms with Crippen LogP contribution in [0.25, 0.3) is 10.9 Å². The zero-order chi connectivity index (χ0) is 18.1. The lowest BCUT2D eigenvalue weighted by atomic mass is 9.70. The zero-order valence-electron chi connectivity index (χ0n) is 13.8. The summed E-state index contributed by atoms with van der Waals surface area (Å²) in [6.45, 7) is 0. The summed E-state index contributed by atoms with van der Waals surface area (Å²) < 4.78 is 13.6. The fourth-order valence-electron chi connectivity index (χ4n) is 3.48. The Bertz CT molecular complexity index is 1110. The van der Waals surface area contributed by atoms with Crippen LogP contribution in [0.1, 0.15) is 16.7 Å². The first-order chi connectivity index (χ1) is 12.6. The minimum absolute atomic E-state index is 0.134. The molecule has 126 valence electrons. The predicted octanol–water partition coefficient (Wildman–Crippen LogP) is 4.87. The summed E-state index contributed by atoms with van der Waals surface area (Å²) in [4.78, 5) is 3.08. The molecule has 4 rings (SSSR count). The van der Waals surface area contributed by atoms with Gasteiger partial charge in [0.15, 0.2) is 0 Å². The Morgan fingerprint density at radius 3 is 2.31 bits per heavy atom. The van der Waals surface area contributed by atoms with Crippen LogP contribution in [0.15, 0.2) is 79.0 Å². The Kier molecular flexibility index (Phi) is 3.70. The van der Waals surface area contributed by atoms with Crippen LogP contribution in [0.3, 0.4) is 0 Å².